The fourth-order valence-corrected chi connectivity index (χ4v) is 0.605. The van der Waals surface area contributed by atoms with Gasteiger partial charge in [-0.15, -0.1) is 0 Å². The van der Waals surface area contributed by atoms with Gasteiger partial charge in [0.15, 0.2) is 0 Å². The van der Waals surface area contributed by atoms with E-state index in [1.54, 1.807) is 0 Å². The van der Waals surface area contributed by atoms with Crippen LogP contribution in [0.15, 0.2) is 0 Å². The summed E-state index contributed by atoms with van der Waals surface area (Å²) in [6, 6.07) is 0. The third kappa shape index (κ3) is 4.77. The Morgan fingerprint density at radius 2 is 1.80 bits per heavy atom. The average molecular weight is 145 g/mol. The van der Waals surface area contributed by atoms with Gasteiger partial charge in [-0.25, -0.2) is 0 Å². The Morgan fingerprint density at radius 3 is 2.10 bits per heavy atom. The fourth-order valence-electron chi connectivity index (χ4n) is 0.605. The Morgan fingerprint density at radius 1 is 1.30 bits per heavy atom. The summed E-state index contributed by atoms with van der Waals surface area (Å²) >= 11 is 0. The highest BCUT2D eigenvalue weighted by molar-refractivity contribution is 4.67. The first-order valence-corrected chi connectivity index (χ1v) is 3.73. The highest BCUT2D eigenvalue weighted by atomic mass is 16.3. The molecule has 0 aliphatic carbocycles. The number of hydrogen-bond donors (Lipinski definition) is 1. The number of hydrogen-bond acceptors (Lipinski definition) is 2. The third-order valence-corrected chi connectivity index (χ3v) is 1.66. The summed E-state index contributed by atoms with van der Waals surface area (Å²) in [5.41, 5.74) is 0.0876. The predicted molar refractivity (Wildman–Crippen MR) is 44.0 cm³/mol. The van der Waals surface area contributed by atoms with Crippen LogP contribution in [0.25, 0.3) is 0 Å². The lowest BCUT2D eigenvalue weighted by Crippen LogP contribution is -2.24. The molecule has 0 radical (unpaired) electrons. The van der Waals surface area contributed by atoms with Crippen LogP contribution in [0.2, 0.25) is 0 Å². The molecule has 0 atom stereocenters. The third-order valence-electron chi connectivity index (χ3n) is 1.66. The number of aliphatic hydroxyl groups excluding tert-OH is 1. The highest BCUT2D eigenvalue weighted by Crippen LogP contribution is 2.18. The van der Waals surface area contributed by atoms with Crippen molar-refractivity contribution in [2.75, 3.05) is 27.2 Å². The summed E-state index contributed by atoms with van der Waals surface area (Å²) in [6.07, 6.45) is 1.05. The van der Waals surface area contributed by atoms with Gasteiger partial charge in [0.1, 0.15) is 0 Å². The summed E-state index contributed by atoms with van der Waals surface area (Å²) in [5.74, 6) is 0. The van der Waals surface area contributed by atoms with Gasteiger partial charge >= 0.3 is 0 Å². The standard InChI is InChI=1S/C8H19NO/c1-8(2,7-10)5-6-9(3)4/h10H,5-7H2,1-4H3. The van der Waals surface area contributed by atoms with Crippen LogP contribution in [0.5, 0.6) is 0 Å². The van der Waals surface area contributed by atoms with Crippen LogP contribution in [0.1, 0.15) is 20.3 Å². The predicted octanol–water partition coefficient (Wildman–Crippen LogP) is 0.957. The quantitative estimate of drug-likeness (QED) is 0.637. The van der Waals surface area contributed by atoms with E-state index in [-0.39, 0.29) is 12.0 Å². The van der Waals surface area contributed by atoms with E-state index in [9.17, 15) is 0 Å². The molecule has 0 saturated carbocycles. The summed E-state index contributed by atoms with van der Waals surface area (Å²) in [6.45, 7) is 5.49. The van der Waals surface area contributed by atoms with Gasteiger partial charge in [-0.2, -0.15) is 0 Å². The lowest BCUT2D eigenvalue weighted by atomic mass is 9.90. The van der Waals surface area contributed by atoms with Crippen molar-refractivity contribution in [3.05, 3.63) is 0 Å². The van der Waals surface area contributed by atoms with Crippen molar-refractivity contribution in [3.63, 3.8) is 0 Å². The molecule has 1 N–H and O–H groups in total. The molecule has 0 aliphatic heterocycles. The minimum atomic E-state index is 0.0876. The zero-order valence-electron chi connectivity index (χ0n) is 7.52. The van der Waals surface area contributed by atoms with Crippen LogP contribution in [0.4, 0.5) is 0 Å². The zero-order chi connectivity index (χ0) is 8.20. The van der Waals surface area contributed by atoms with Gasteiger partial charge in [0.25, 0.3) is 0 Å². The Hall–Kier alpha value is -0.0800. The van der Waals surface area contributed by atoms with E-state index in [0.29, 0.717) is 0 Å². The largest absolute Gasteiger partial charge is 0.396 e. The van der Waals surface area contributed by atoms with Crippen molar-refractivity contribution in [2.24, 2.45) is 5.41 Å². The SMILES string of the molecule is CN(C)CCC(C)(C)CO. The lowest BCUT2D eigenvalue weighted by Gasteiger charge is -2.23. The van der Waals surface area contributed by atoms with Crippen LogP contribution in [0.3, 0.4) is 0 Å². The topological polar surface area (TPSA) is 23.5 Å². The summed E-state index contributed by atoms with van der Waals surface area (Å²) in [5, 5.41) is 8.89. The molecule has 2 heteroatoms. The van der Waals surface area contributed by atoms with Crippen LogP contribution >= 0.6 is 0 Å². The van der Waals surface area contributed by atoms with Gasteiger partial charge in [-0.1, -0.05) is 13.8 Å². The van der Waals surface area contributed by atoms with Crippen molar-refractivity contribution < 1.29 is 5.11 Å². The van der Waals surface area contributed by atoms with E-state index in [2.05, 4.69) is 18.7 Å². The Labute approximate surface area is 63.8 Å². The smallest absolute Gasteiger partial charge is 0.0482 e. The maximum atomic E-state index is 8.89. The maximum Gasteiger partial charge on any atom is 0.0482 e. The Kier molecular flexibility index (Phi) is 3.91. The second-order valence-electron chi connectivity index (χ2n) is 3.88. The first-order chi connectivity index (χ1) is 4.48. The van der Waals surface area contributed by atoms with Crippen LogP contribution in [-0.4, -0.2) is 37.3 Å². The van der Waals surface area contributed by atoms with Gasteiger partial charge < -0.3 is 10.0 Å². The van der Waals surface area contributed by atoms with E-state index in [0.717, 1.165) is 13.0 Å². The molecular formula is C8H19NO. The molecule has 0 rings (SSSR count). The molecule has 0 saturated heterocycles. The van der Waals surface area contributed by atoms with Gasteiger partial charge in [0.05, 0.1) is 0 Å². The fraction of sp³-hybridized carbons (Fsp3) is 1.00. The Bertz CT molecular complexity index is 89.3. The van der Waals surface area contributed by atoms with Crippen molar-refractivity contribution >= 4 is 0 Å². The van der Waals surface area contributed by atoms with E-state index >= 15 is 0 Å². The van der Waals surface area contributed by atoms with E-state index < -0.39 is 0 Å². The van der Waals surface area contributed by atoms with E-state index in [1.165, 1.54) is 0 Å². The highest BCUT2D eigenvalue weighted by Gasteiger charge is 2.15. The minimum absolute atomic E-state index is 0.0876. The number of aliphatic hydroxyl groups is 1. The van der Waals surface area contributed by atoms with Gasteiger partial charge in [0.2, 0.25) is 0 Å². The van der Waals surface area contributed by atoms with Gasteiger partial charge in [-0.3, -0.25) is 0 Å². The summed E-state index contributed by atoms with van der Waals surface area (Å²) in [4.78, 5) is 2.14. The Balaban J connectivity index is 3.46. The molecule has 0 spiro atoms. The lowest BCUT2D eigenvalue weighted by molar-refractivity contribution is 0.139. The normalized spacial score (nSPS) is 12.6. The van der Waals surface area contributed by atoms with Crippen molar-refractivity contribution in [1.82, 2.24) is 4.90 Å². The van der Waals surface area contributed by atoms with Gasteiger partial charge in [-0.05, 0) is 32.5 Å². The molecule has 10 heavy (non-hydrogen) atoms. The molecular weight excluding hydrogens is 126 g/mol. The molecule has 0 aromatic rings. The second-order valence-corrected chi connectivity index (χ2v) is 3.88. The first kappa shape index (κ1) is 9.92. The maximum absolute atomic E-state index is 8.89. The molecule has 62 valence electrons. The molecule has 0 aliphatic rings. The zero-order valence-corrected chi connectivity index (χ0v) is 7.52. The molecule has 2 nitrogen and oxygen atoms in total. The van der Waals surface area contributed by atoms with Crippen molar-refractivity contribution in [2.45, 2.75) is 20.3 Å². The monoisotopic (exact) mass is 145 g/mol. The molecule has 0 aromatic heterocycles. The van der Waals surface area contributed by atoms with Crippen LogP contribution in [0, 0.1) is 5.41 Å². The molecule has 0 bridgehead atoms. The molecule has 0 aromatic carbocycles. The van der Waals surface area contributed by atoms with Crippen molar-refractivity contribution in [1.29, 1.82) is 0 Å². The molecule has 0 amide bonds. The molecule has 0 heterocycles. The van der Waals surface area contributed by atoms with E-state index in [4.69, 9.17) is 5.11 Å². The number of nitrogens with zero attached hydrogens (tertiary/aromatic N) is 1. The van der Waals surface area contributed by atoms with Gasteiger partial charge in [0, 0.05) is 6.61 Å². The number of rotatable bonds is 4. The summed E-state index contributed by atoms with van der Waals surface area (Å²) in [7, 11) is 4.10. The first-order valence-electron chi connectivity index (χ1n) is 3.73. The average Bonchev–Trinajstić information content (AvgIpc) is 1.85. The van der Waals surface area contributed by atoms with Crippen molar-refractivity contribution in [3.8, 4) is 0 Å². The molecule has 0 unspecified atom stereocenters. The van der Waals surface area contributed by atoms with Crippen LogP contribution < -0.4 is 0 Å². The minimum Gasteiger partial charge on any atom is -0.396 e. The molecule has 0 fully saturated rings. The van der Waals surface area contributed by atoms with Crippen LogP contribution in [-0.2, 0) is 0 Å². The summed E-state index contributed by atoms with van der Waals surface area (Å²) < 4.78 is 0. The second kappa shape index (κ2) is 3.94. The van der Waals surface area contributed by atoms with E-state index in [1.807, 2.05) is 14.1 Å².